The molecule has 3 nitrogen and oxygen atoms in total. The molecule has 0 saturated heterocycles. The molecule has 0 aromatic heterocycles. The Balaban J connectivity index is 1.37. The van der Waals surface area contributed by atoms with Gasteiger partial charge in [0.05, 0.1) is 9.79 Å². The summed E-state index contributed by atoms with van der Waals surface area (Å²) in [6, 6.07) is 38.3. The lowest BCUT2D eigenvalue weighted by atomic mass is 9.64. The van der Waals surface area contributed by atoms with Gasteiger partial charge in [0.25, 0.3) is 0 Å². The second-order valence-electron chi connectivity index (χ2n) is 12.2. The second kappa shape index (κ2) is 9.03. The molecule has 2 aliphatic rings. The van der Waals surface area contributed by atoms with E-state index >= 15 is 0 Å². The molecule has 5 heteroatoms. The zero-order chi connectivity index (χ0) is 28.6. The van der Waals surface area contributed by atoms with E-state index in [2.05, 4.69) is 93.7 Å². The molecule has 0 unspecified atom stereocenters. The van der Waals surface area contributed by atoms with E-state index in [0.29, 0.717) is 9.79 Å². The van der Waals surface area contributed by atoms with Gasteiger partial charge < -0.3 is 4.74 Å². The molecule has 0 amide bonds. The largest absolute Gasteiger partial charge is 0.458 e. The normalized spacial score (nSPS) is 16.5. The van der Waals surface area contributed by atoms with Crippen LogP contribution < -0.4 is 15.1 Å². The van der Waals surface area contributed by atoms with Gasteiger partial charge in [-0.3, -0.25) is 0 Å². The van der Waals surface area contributed by atoms with Gasteiger partial charge in [-0.2, -0.15) is 0 Å². The first-order chi connectivity index (χ1) is 19.6. The Hall–Kier alpha value is -3.93. The van der Waals surface area contributed by atoms with Crippen LogP contribution in [0.2, 0.25) is 13.1 Å². The molecule has 0 saturated carbocycles. The summed E-state index contributed by atoms with van der Waals surface area (Å²) in [7, 11) is -5.98. The number of hydrogen-bond acceptors (Lipinski definition) is 3. The van der Waals surface area contributed by atoms with Crippen LogP contribution in [0, 0.1) is 0 Å². The molecule has 0 bridgehead atoms. The Morgan fingerprint density at radius 2 is 1.17 bits per heavy atom. The van der Waals surface area contributed by atoms with Crippen molar-refractivity contribution in [2.45, 2.75) is 48.1 Å². The van der Waals surface area contributed by atoms with E-state index in [1.54, 1.807) is 30.3 Å². The van der Waals surface area contributed by atoms with E-state index in [0.717, 1.165) is 16.7 Å². The Morgan fingerprint density at radius 3 is 1.80 bits per heavy atom. The Kier molecular flexibility index (Phi) is 5.73. The lowest BCUT2D eigenvalue weighted by Crippen LogP contribution is -2.56. The maximum Gasteiger partial charge on any atom is 0.206 e. The monoisotopic (exact) mass is 572 g/mol. The molecule has 0 spiro atoms. The number of sulfone groups is 1. The molecular formula is C36H32O3SSi. The maximum atomic E-state index is 13.5. The summed E-state index contributed by atoms with van der Waals surface area (Å²) >= 11 is 0. The molecule has 0 fully saturated rings. The SMILES string of the molecule is CC1(C)c2ccccc2C(c2ccc3c(c2)[Si](C)(C)c2cc(S(=O)(=O)c4ccccc4)ccc2O3)c2ccccc21. The van der Waals surface area contributed by atoms with Crippen LogP contribution in [0.15, 0.2) is 125 Å². The van der Waals surface area contributed by atoms with Crippen LogP contribution in [0.25, 0.3) is 0 Å². The zero-order valence-corrected chi connectivity index (χ0v) is 25.5. The first-order valence-corrected chi connectivity index (χ1v) is 18.5. The van der Waals surface area contributed by atoms with Crippen molar-refractivity contribution in [1.82, 2.24) is 0 Å². The van der Waals surface area contributed by atoms with E-state index in [1.807, 2.05) is 18.2 Å². The highest BCUT2D eigenvalue weighted by atomic mass is 32.2. The molecular weight excluding hydrogens is 541 g/mol. The third-order valence-electron chi connectivity index (χ3n) is 9.11. The predicted molar refractivity (Wildman–Crippen MR) is 168 cm³/mol. The zero-order valence-electron chi connectivity index (χ0n) is 23.7. The van der Waals surface area contributed by atoms with E-state index in [9.17, 15) is 8.42 Å². The maximum absolute atomic E-state index is 13.5. The summed E-state index contributed by atoms with van der Waals surface area (Å²) in [5.41, 5.74) is 6.53. The molecule has 1 aliphatic carbocycles. The van der Waals surface area contributed by atoms with Crippen LogP contribution in [-0.2, 0) is 15.3 Å². The smallest absolute Gasteiger partial charge is 0.206 e. The van der Waals surface area contributed by atoms with Crippen molar-refractivity contribution in [3.05, 3.63) is 143 Å². The van der Waals surface area contributed by atoms with Crippen LogP contribution >= 0.6 is 0 Å². The van der Waals surface area contributed by atoms with E-state index in [4.69, 9.17) is 4.74 Å². The first kappa shape index (κ1) is 26.0. The first-order valence-electron chi connectivity index (χ1n) is 14.1. The standard InChI is InChI=1S/C36H32O3SSi/c1-36(2)29-16-10-8-14-27(29)35(28-15-9-11-17-30(28)36)24-18-20-31-33(22-24)41(3,4)34-23-26(19-21-32(34)39-31)40(37,38)25-12-6-5-7-13-25/h5-23,35H,1-4H3. The van der Waals surface area contributed by atoms with Crippen molar-refractivity contribution in [3.8, 4) is 11.5 Å². The Morgan fingerprint density at radius 1 is 0.634 bits per heavy atom. The predicted octanol–water partition coefficient (Wildman–Crippen LogP) is 7.27. The molecule has 204 valence electrons. The third kappa shape index (κ3) is 3.86. The molecule has 0 atom stereocenters. The average molecular weight is 573 g/mol. The van der Waals surface area contributed by atoms with Gasteiger partial charge in [0.2, 0.25) is 9.84 Å². The lowest BCUT2D eigenvalue weighted by Gasteiger charge is -2.40. The quantitative estimate of drug-likeness (QED) is 0.214. The van der Waals surface area contributed by atoms with Gasteiger partial charge in [0, 0.05) is 11.3 Å². The van der Waals surface area contributed by atoms with E-state index in [-0.39, 0.29) is 11.3 Å². The molecule has 0 radical (unpaired) electrons. The fourth-order valence-electron chi connectivity index (χ4n) is 6.87. The van der Waals surface area contributed by atoms with Crippen LogP contribution in [0.4, 0.5) is 0 Å². The molecule has 1 heterocycles. The minimum atomic E-state index is -3.64. The highest BCUT2D eigenvalue weighted by molar-refractivity contribution is 7.91. The summed E-state index contributed by atoms with van der Waals surface area (Å²) < 4.78 is 33.4. The number of hydrogen-bond donors (Lipinski definition) is 0. The highest BCUT2D eigenvalue weighted by Gasteiger charge is 2.41. The van der Waals surface area contributed by atoms with Gasteiger partial charge in [-0.25, -0.2) is 8.42 Å². The van der Waals surface area contributed by atoms with Crippen molar-refractivity contribution in [2.75, 3.05) is 0 Å². The minimum Gasteiger partial charge on any atom is -0.458 e. The minimum absolute atomic E-state index is 0.0887. The van der Waals surface area contributed by atoms with Gasteiger partial charge in [0.15, 0.2) is 0 Å². The van der Waals surface area contributed by atoms with Crippen molar-refractivity contribution in [3.63, 3.8) is 0 Å². The van der Waals surface area contributed by atoms with Crippen molar-refractivity contribution in [1.29, 1.82) is 0 Å². The summed E-state index contributed by atoms with van der Waals surface area (Å²) in [6.45, 7) is 9.22. The number of rotatable bonds is 3. The molecule has 7 rings (SSSR count). The number of ether oxygens (including phenoxy) is 1. The van der Waals surface area contributed by atoms with Crippen molar-refractivity contribution in [2.24, 2.45) is 0 Å². The molecule has 41 heavy (non-hydrogen) atoms. The van der Waals surface area contributed by atoms with Crippen molar-refractivity contribution >= 4 is 28.3 Å². The summed E-state index contributed by atoms with van der Waals surface area (Å²) in [4.78, 5) is 0.611. The van der Waals surface area contributed by atoms with Gasteiger partial charge >= 0.3 is 0 Å². The molecule has 0 N–H and O–H groups in total. The Labute approximate surface area is 243 Å². The average Bonchev–Trinajstić information content (AvgIpc) is 2.98. The van der Waals surface area contributed by atoms with Gasteiger partial charge in [0.1, 0.15) is 19.6 Å². The highest BCUT2D eigenvalue weighted by Crippen LogP contribution is 2.49. The fourth-order valence-corrected chi connectivity index (χ4v) is 11.1. The van der Waals surface area contributed by atoms with Gasteiger partial charge in [-0.1, -0.05) is 106 Å². The number of fused-ring (bicyclic) bond motifs is 4. The fraction of sp³-hybridized carbons (Fsp3) is 0.167. The van der Waals surface area contributed by atoms with Crippen molar-refractivity contribution < 1.29 is 13.2 Å². The van der Waals surface area contributed by atoms with E-state index < -0.39 is 17.9 Å². The second-order valence-corrected chi connectivity index (χ2v) is 18.5. The van der Waals surface area contributed by atoms with E-state index in [1.165, 1.54) is 33.0 Å². The van der Waals surface area contributed by atoms with Crippen LogP contribution in [0.5, 0.6) is 11.5 Å². The summed E-state index contributed by atoms with van der Waals surface area (Å²) in [5, 5.41) is 2.20. The third-order valence-corrected chi connectivity index (χ3v) is 14.4. The van der Waals surface area contributed by atoms with Gasteiger partial charge in [-0.15, -0.1) is 0 Å². The summed E-state index contributed by atoms with van der Waals surface area (Å²) in [5.74, 6) is 1.73. The summed E-state index contributed by atoms with van der Waals surface area (Å²) in [6.07, 6.45) is 0. The lowest BCUT2D eigenvalue weighted by molar-refractivity contribution is 0.486. The molecule has 5 aromatic carbocycles. The van der Waals surface area contributed by atoms with Crippen LogP contribution in [0.3, 0.4) is 0 Å². The molecule has 5 aromatic rings. The van der Waals surface area contributed by atoms with Crippen LogP contribution in [-0.4, -0.2) is 16.5 Å². The number of benzene rings is 5. The Bertz CT molecular complexity index is 1890. The topological polar surface area (TPSA) is 43.4 Å². The van der Waals surface area contributed by atoms with Crippen LogP contribution in [0.1, 0.15) is 47.6 Å². The van der Waals surface area contributed by atoms with Gasteiger partial charge in [-0.05, 0) is 74.6 Å². The molecule has 1 aliphatic heterocycles.